The first-order valence-corrected chi connectivity index (χ1v) is 16.5. The maximum Gasteiger partial charge on any atom is 0.205 e. The van der Waals surface area contributed by atoms with Gasteiger partial charge in [-0.15, -0.1) is 0 Å². The van der Waals surface area contributed by atoms with E-state index in [0.29, 0.717) is 11.7 Å². The minimum absolute atomic E-state index is 0.183. The van der Waals surface area contributed by atoms with Gasteiger partial charge in [0.15, 0.2) is 11.6 Å². The molecule has 0 radical (unpaired) electrons. The van der Waals surface area contributed by atoms with Crippen molar-refractivity contribution in [3.8, 4) is 11.5 Å². The highest BCUT2D eigenvalue weighted by Crippen LogP contribution is 2.49. The van der Waals surface area contributed by atoms with Gasteiger partial charge in [-0.2, -0.15) is 8.78 Å². The third kappa shape index (κ3) is 8.88. The first-order valence-electron chi connectivity index (χ1n) is 15.7. The highest BCUT2D eigenvalue weighted by Gasteiger charge is 2.33. The number of halogens is 5. The van der Waals surface area contributed by atoms with Gasteiger partial charge in [-0.05, 0) is 79.0 Å². The van der Waals surface area contributed by atoms with Crippen molar-refractivity contribution in [3.63, 3.8) is 0 Å². The standard InChI is InChI=1S/C30H36F4O2S.C4H5F.CH4O/c31-24-26(33)30(37-35)27(34)25(32)29(24)36-28-22(19-12-6-2-7-13-19)16-21(18-10-4-1-5-11-18)17-23(28)20-14-8-3-9-15-20;1-3-4(2)5;1-2/h16-20,35H,1-15H2;3H,1-2H2;2H,1H3. The van der Waals surface area contributed by atoms with Crippen LogP contribution in [-0.2, 0) is 0 Å². The summed E-state index contributed by atoms with van der Waals surface area (Å²) in [6.07, 6.45) is 17.4. The Morgan fingerprint density at radius 3 is 1.41 bits per heavy atom. The molecule has 44 heavy (non-hydrogen) atoms. The largest absolute Gasteiger partial charge is 0.450 e. The normalized spacial score (nSPS) is 18.0. The van der Waals surface area contributed by atoms with Crippen LogP contribution < -0.4 is 4.74 Å². The van der Waals surface area contributed by atoms with Gasteiger partial charge >= 0.3 is 0 Å². The number of hydrogen-bond acceptors (Lipinski definition) is 4. The molecule has 2 N–H and O–H groups in total. The number of rotatable bonds is 7. The Hall–Kier alpha value is -2.36. The molecule has 0 heterocycles. The van der Waals surface area contributed by atoms with Crippen LogP contribution in [0.5, 0.6) is 11.5 Å². The maximum atomic E-state index is 15.1. The first-order chi connectivity index (χ1) is 21.3. The number of aliphatic hydroxyl groups is 1. The monoisotopic (exact) mass is 640 g/mol. The molecule has 3 aliphatic carbocycles. The Kier molecular flexibility index (Phi) is 14.7. The van der Waals surface area contributed by atoms with Crippen molar-refractivity contribution in [3.05, 3.63) is 77.2 Å². The summed E-state index contributed by atoms with van der Waals surface area (Å²) in [5.41, 5.74) is 3.14. The van der Waals surface area contributed by atoms with E-state index < -0.39 is 39.7 Å². The fourth-order valence-electron chi connectivity index (χ4n) is 6.78. The lowest BCUT2D eigenvalue weighted by Gasteiger charge is -2.32. The molecule has 0 spiro atoms. The molecule has 5 rings (SSSR count). The summed E-state index contributed by atoms with van der Waals surface area (Å²) in [5, 5.41) is 7.00. The Balaban J connectivity index is 0.000000688. The van der Waals surface area contributed by atoms with Crippen molar-refractivity contribution >= 4 is 12.0 Å². The molecule has 244 valence electrons. The van der Waals surface area contributed by atoms with Crippen LogP contribution in [0.3, 0.4) is 0 Å². The molecule has 3 saturated carbocycles. The molecule has 2 aromatic rings. The van der Waals surface area contributed by atoms with Crippen LogP contribution in [0.1, 0.15) is 131 Å². The predicted molar refractivity (Wildman–Crippen MR) is 167 cm³/mol. The Morgan fingerprint density at radius 2 is 1.07 bits per heavy atom. The summed E-state index contributed by atoms with van der Waals surface area (Å²) in [5.74, 6) is -6.84. The molecule has 0 unspecified atom stereocenters. The molecule has 3 fully saturated rings. The minimum atomic E-state index is -1.64. The van der Waals surface area contributed by atoms with Crippen LogP contribution in [0, 0.1) is 23.3 Å². The Morgan fingerprint density at radius 1 is 0.705 bits per heavy atom. The number of benzene rings is 2. The van der Waals surface area contributed by atoms with Crippen molar-refractivity contribution in [1.82, 2.24) is 0 Å². The van der Waals surface area contributed by atoms with Crippen molar-refractivity contribution < 1.29 is 36.3 Å². The topological polar surface area (TPSA) is 49.7 Å². The summed E-state index contributed by atoms with van der Waals surface area (Å²) in [6, 6.07) is 4.35. The lowest BCUT2D eigenvalue weighted by molar-refractivity contribution is 0.338. The quantitative estimate of drug-likeness (QED) is 0.137. The van der Waals surface area contributed by atoms with Gasteiger partial charge in [-0.1, -0.05) is 83.1 Å². The highest BCUT2D eigenvalue weighted by atomic mass is 32.2. The summed E-state index contributed by atoms with van der Waals surface area (Å²) in [4.78, 5) is -1.10. The van der Waals surface area contributed by atoms with Gasteiger partial charge in [0.1, 0.15) is 16.5 Å². The van der Waals surface area contributed by atoms with Crippen LogP contribution in [0.15, 0.2) is 42.1 Å². The van der Waals surface area contributed by atoms with Crippen LogP contribution in [0.25, 0.3) is 0 Å². The Bertz CT molecular complexity index is 1180. The van der Waals surface area contributed by atoms with Gasteiger partial charge in [-0.25, -0.2) is 13.2 Å². The second-order valence-corrected chi connectivity index (χ2v) is 12.4. The smallest absolute Gasteiger partial charge is 0.205 e. The molecule has 0 saturated heterocycles. The highest BCUT2D eigenvalue weighted by molar-refractivity contribution is 7.93. The lowest BCUT2D eigenvalue weighted by atomic mass is 9.75. The molecule has 0 aliphatic heterocycles. The van der Waals surface area contributed by atoms with Crippen LogP contribution in [0.4, 0.5) is 22.0 Å². The van der Waals surface area contributed by atoms with Gasteiger partial charge in [0.25, 0.3) is 0 Å². The molecular formula is C35H45F5O3S. The third-order valence-corrected chi connectivity index (χ3v) is 9.58. The molecule has 3 nitrogen and oxygen atoms in total. The number of aliphatic hydroxyl groups excluding tert-OH is 1. The van der Waals surface area contributed by atoms with E-state index in [4.69, 9.17) is 9.84 Å². The van der Waals surface area contributed by atoms with E-state index in [1.807, 2.05) is 0 Å². The average Bonchev–Trinajstić information content (AvgIpc) is 3.08. The summed E-state index contributed by atoms with van der Waals surface area (Å²) < 4.78 is 85.6. The Labute approximate surface area is 262 Å². The van der Waals surface area contributed by atoms with Crippen LogP contribution in [0.2, 0.25) is 0 Å². The third-order valence-electron chi connectivity index (χ3n) is 9.04. The maximum absolute atomic E-state index is 15.1. The zero-order valence-electron chi connectivity index (χ0n) is 25.6. The second-order valence-electron chi connectivity index (χ2n) is 11.8. The van der Waals surface area contributed by atoms with Gasteiger partial charge in [0, 0.05) is 19.2 Å². The van der Waals surface area contributed by atoms with Crippen molar-refractivity contribution in [1.29, 1.82) is 0 Å². The zero-order chi connectivity index (χ0) is 32.2. The van der Waals surface area contributed by atoms with Gasteiger partial charge in [-0.3, -0.25) is 0 Å². The van der Waals surface area contributed by atoms with Crippen molar-refractivity contribution in [2.24, 2.45) is 0 Å². The summed E-state index contributed by atoms with van der Waals surface area (Å²) >= 11 is -0.351. The molecule has 0 amide bonds. The molecule has 0 bridgehead atoms. The van der Waals surface area contributed by atoms with Crippen molar-refractivity contribution in [2.75, 3.05) is 7.11 Å². The summed E-state index contributed by atoms with van der Waals surface area (Å²) in [7, 11) is 1.00. The van der Waals surface area contributed by atoms with E-state index in [2.05, 4.69) is 25.3 Å². The molecule has 2 aromatic carbocycles. The predicted octanol–water partition coefficient (Wildman–Crippen LogP) is 12.0. The first kappa shape index (κ1) is 36.1. The number of ether oxygens (including phenoxy) is 1. The van der Waals surface area contributed by atoms with Gasteiger partial charge in [0.05, 0.1) is 0 Å². The SMILES string of the molecule is C=CC(=C)F.CO.OSc1c(F)c(F)c(Oc2c(C3CCCCC3)cc(C3CCCCC3)cc2C2CCCCC2)c(F)c1F. The summed E-state index contributed by atoms with van der Waals surface area (Å²) in [6.45, 7) is 5.97. The number of hydrogen-bond donors (Lipinski definition) is 2. The fraction of sp³-hybridized carbons (Fsp3) is 0.543. The second kappa shape index (κ2) is 18.0. The minimum Gasteiger partial charge on any atom is -0.450 e. The molecule has 0 aromatic heterocycles. The van der Waals surface area contributed by atoms with E-state index in [0.717, 1.165) is 101 Å². The van der Waals surface area contributed by atoms with E-state index in [1.54, 1.807) is 0 Å². The van der Waals surface area contributed by atoms with Crippen LogP contribution >= 0.6 is 12.0 Å². The molecule has 9 heteroatoms. The van der Waals surface area contributed by atoms with Gasteiger partial charge < -0.3 is 14.4 Å². The van der Waals surface area contributed by atoms with Crippen molar-refractivity contribution in [2.45, 2.75) is 119 Å². The zero-order valence-corrected chi connectivity index (χ0v) is 26.4. The van der Waals surface area contributed by atoms with Crippen LogP contribution in [-0.4, -0.2) is 16.8 Å². The lowest BCUT2D eigenvalue weighted by Crippen LogP contribution is -2.15. The van der Waals surface area contributed by atoms with E-state index in [-0.39, 0.29) is 23.9 Å². The molecule has 0 atom stereocenters. The van der Waals surface area contributed by atoms with E-state index in [1.165, 1.54) is 24.8 Å². The van der Waals surface area contributed by atoms with E-state index >= 15 is 8.78 Å². The van der Waals surface area contributed by atoms with Gasteiger partial charge in [0.2, 0.25) is 17.4 Å². The average molecular weight is 641 g/mol. The number of allylic oxidation sites excluding steroid dienone is 2. The van der Waals surface area contributed by atoms with E-state index in [9.17, 15) is 17.7 Å². The molecule has 3 aliphatic rings. The molecular weight excluding hydrogens is 595 g/mol. The fourth-order valence-corrected chi connectivity index (χ4v) is 7.12.